The Kier molecular flexibility index (Phi) is 4.78. The van der Waals surface area contributed by atoms with E-state index in [1.807, 2.05) is 24.3 Å². The zero-order chi connectivity index (χ0) is 14.5. The third-order valence-electron chi connectivity index (χ3n) is 3.06. The molecule has 2 rings (SSSR count). The molecule has 0 aliphatic heterocycles. The molecule has 0 aromatic heterocycles. The van der Waals surface area contributed by atoms with Crippen molar-refractivity contribution in [3.63, 3.8) is 0 Å². The molecular formula is C16H14BrNO2. The number of aliphatic hydroxyl groups is 1. The molecule has 2 aromatic rings. The van der Waals surface area contributed by atoms with Crippen molar-refractivity contribution in [2.24, 2.45) is 0 Å². The average Bonchev–Trinajstić information content (AvgIpc) is 2.47. The minimum atomic E-state index is -0.675. The molecule has 2 aromatic carbocycles. The van der Waals surface area contributed by atoms with Crippen molar-refractivity contribution in [3.05, 3.63) is 63.6 Å². The summed E-state index contributed by atoms with van der Waals surface area (Å²) < 4.78 is 6.23. The van der Waals surface area contributed by atoms with Crippen LogP contribution < -0.4 is 4.74 Å². The molecule has 0 heterocycles. The lowest BCUT2D eigenvalue weighted by atomic mass is 9.99. The van der Waals surface area contributed by atoms with Crippen LogP contribution in [0.4, 0.5) is 0 Å². The van der Waals surface area contributed by atoms with Crippen LogP contribution >= 0.6 is 15.9 Å². The van der Waals surface area contributed by atoms with Gasteiger partial charge < -0.3 is 9.84 Å². The molecule has 0 spiro atoms. The van der Waals surface area contributed by atoms with Crippen molar-refractivity contribution in [1.29, 1.82) is 5.26 Å². The van der Waals surface area contributed by atoms with Gasteiger partial charge in [-0.05, 0) is 41.5 Å². The summed E-state index contributed by atoms with van der Waals surface area (Å²) in [5.74, 6) is 0.740. The van der Waals surface area contributed by atoms with Gasteiger partial charge in [0, 0.05) is 10.9 Å². The van der Waals surface area contributed by atoms with Crippen LogP contribution in [0.1, 0.15) is 22.8 Å². The number of hydrogen-bond acceptors (Lipinski definition) is 3. The van der Waals surface area contributed by atoms with Gasteiger partial charge in [0.05, 0.1) is 24.8 Å². The SMILES string of the molecule is COc1ccc(Br)cc1CC(O)c1cccc(C#N)c1. The summed E-state index contributed by atoms with van der Waals surface area (Å²) in [7, 11) is 1.61. The van der Waals surface area contributed by atoms with Gasteiger partial charge in [0.25, 0.3) is 0 Å². The Morgan fingerprint density at radius 3 is 2.80 bits per heavy atom. The standard InChI is InChI=1S/C16H14BrNO2/c1-20-16-6-5-14(17)8-13(16)9-15(19)12-4-2-3-11(7-12)10-18/h2-8,15,19H,9H2,1H3. The lowest BCUT2D eigenvalue weighted by molar-refractivity contribution is 0.177. The topological polar surface area (TPSA) is 53.2 Å². The summed E-state index contributed by atoms with van der Waals surface area (Å²) in [6.07, 6.45) is -0.246. The van der Waals surface area contributed by atoms with Gasteiger partial charge in [-0.3, -0.25) is 0 Å². The van der Waals surface area contributed by atoms with E-state index in [4.69, 9.17) is 10.00 Å². The van der Waals surface area contributed by atoms with E-state index >= 15 is 0 Å². The molecule has 1 N–H and O–H groups in total. The number of nitriles is 1. The molecule has 102 valence electrons. The van der Waals surface area contributed by atoms with Gasteiger partial charge in [0.2, 0.25) is 0 Å². The zero-order valence-corrected chi connectivity index (χ0v) is 12.6. The molecule has 0 saturated heterocycles. The van der Waals surface area contributed by atoms with Gasteiger partial charge in [0.1, 0.15) is 5.75 Å². The first-order chi connectivity index (χ1) is 9.63. The molecule has 0 saturated carbocycles. The summed E-state index contributed by atoms with van der Waals surface area (Å²) >= 11 is 3.41. The summed E-state index contributed by atoms with van der Waals surface area (Å²) in [5, 5.41) is 19.2. The van der Waals surface area contributed by atoms with Crippen LogP contribution in [0, 0.1) is 11.3 Å². The van der Waals surface area contributed by atoms with Gasteiger partial charge in [-0.25, -0.2) is 0 Å². The average molecular weight is 332 g/mol. The van der Waals surface area contributed by atoms with Crippen LogP contribution in [0.5, 0.6) is 5.75 Å². The van der Waals surface area contributed by atoms with E-state index in [1.54, 1.807) is 25.3 Å². The molecule has 0 amide bonds. The fourth-order valence-corrected chi connectivity index (χ4v) is 2.46. The molecule has 0 aliphatic rings. The predicted molar refractivity (Wildman–Crippen MR) is 80.5 cm³/mol. The third kappa shape index (κ3) is 3.38. The van der Waals surface area contributed by atoms with E-state index in [-0.39, 0.29) is 0 Å². The van der Waals surface area contributed by atoms with Crippen molar-refractivity contribution in [1.82, 2.24) is 0 Å². The fourth-order valence-electron chi connectivity index (χ4n) is 2.05. The van der Waals surface area contributed by atoms with Gasteiger partial charge in [0.15, 0.2) is 0 Å². The first-order valence-electron chi connectivity index (χ1n) is 6.14. The Labute approximate surface area is 126 Å². The first kappa shape index (κ1) is 14.6. The van der Waals surface area contributed by atoms with Gasteiger partial charge in [-0.2, -0.15) is 5.26 Å². The number of methoxy groups -OCH3 is 1. The van der Waals surface area contributed by atoms with Crippen LogP contribution in [0.2, 0.25) is 0 Å². The molecular weight excluding hydrogens is 318 g/mol. The number of hydrogen-bond donors (Lipinski definition) is 1. The lowest BCUT2D eigenvalue weighted by Crippen LogP contribution is -2.03. The Bertz CT molecular complexity index is 649. The van der Waals surface area contributed by atoms with Crippen molar-refractivity contribution in [2.45, 2.75) is 12.5 Å². The molecule has 1 atom stereocenters. The number of aliphatic hydroxyl groups excluding tert-OH is 1. The molecule has 4 heteroatoms. The number of ether oxygens (including phenoxy) is 1. The quantitative estimate of drug-likeness (QED) is 0.931. The van der Waals surface area contributed by atoms with Crippen LogP contribution in [-0.4, -0.2) is 12.2 Å². The first-order valence-corrected chi connectivity index (χ1v) is 6.94. The summed E-state index contributed by atoms with van der Waals surface area (Å²) in [6, 6.07) is 14.8. The Balaban J connectivity index is 2.25. The molecule has 0 radical (unpaired) electrons. The summed E-state index contributed by atoms with van der Waals surface area (Å²) in [5.41, 5.74) is 2.19. The number of halogens is 1. The highest BCUT2D eigenvalue weighted by molar-refractivity contribution is 9.10. The van der Waals surface area contributed by atoms with Gasteiger partial charge >= 0.3 is 0 Å². The van der Waals surface area contributed by atoms with E-state index in [9.17, 15) is 5.11 Å². The van der Waals surface area contributed by atoms with E-state index in [2.05, 4.69) is 22.0 Å². The molecule has 20 heavy (non-hydrogen) atoms. The van der Waals surface area contributed by atoms with Crippen LogP contribution in [-0.2, 0) is 6.42 Å². The maximum atomic E-state index is 10.3. The Hall–Kier alpha value is -1.83. The van der Waals surface area contributed by atoms with E-state index in [1.165, 1.54) is 0 Å². The summed E-state index contributed by atoms with van der Waals surface area (Å²) in [6.45, 7) is 0. The minimum absolute atomic E-state index is 0.428. The second kappa shape index (κ2) is 6.56. The number of nitrogens with zero attached hydrogens (tertiary/aromatic N) is 1. The van der Waals surface area contributed by atoms with Crippen molar-refractivity contribution < 1.29 is 9.84 Å². The second-order valence-corrected chi connectivity index (χ2v) is 5.33. The molecule has 0 aliphatic carbocycles. The normalized spacial score (nSPS) is 11.7. The van der Waals surface area contributed by atoms with E-state index in [0.717, 1.165) is 21.3 Å². The minimum Gasteiger partial charge on any atom is -0.496 e. The molecule has 0 bridgehead atoms. The van der Waals surface area contributed by atoms with Crippen molar-refractivity contribution in [3.8, 4) is 11.8 Å². The van der Waals surface area contributed by atoms with Gasteiger partial charge in [-0.15, -0.1) is 0 Å². The zero-order valence-electron chi connectivity index (χ0n) is 11.0. The smallest absolute Gasteiger partial charge is 0.122 e. The number of benzene rings is 2. The highest BCUT2D eigenvalue weighted by Crippen LogP contribution is 2.28. The predicted octanol–water partition coefficient (Wildman–Crippen LogP) is 3.61. The Morgan fingerprint density at radius 1 is 1.30 bits per heavy atom. The van der Waals surface area contributed by atoms with Crippen LogP contribution in [0.25, 0.3) is 0 Å². The number of rotatable bonds is 4. The highest BCUT2D eigenvalue weighted by atomic mass is 79.9. The van der Waals surface area contributed by atoms with Gasteiger partial charge in [-0.1, -0.05) is 28.1 Å². The molecule has 3 nitrogen and oxygen atoms in total. The van der Waals surface area contributed by atoms with Crippen molar-refractivity contribution in [2.75, 3.05) is 7.11 Å². The largest absolute Gasteiger partial charge is 0.496 e. The van der Waals surface area contributed by atoms with E-state index < -0.39 is 6.10 Å². The van der Waals surface area contributed by atoms with Crippen molar-refractivity contribution >= 4 is 15.9 Å². The maximum absolute atomic E-state index is 10.3. The highest BCUT2D eigenvalue weighted by Gasteiger charge is 2.13. The van der Waals surface area contributed by atoms with Crippen LogP contribution in [0.3, 0.4) is 0 Å². The summed E-state index contributed by atoms with van der Waals surface area (Å²) in [4.78, 5) is 0. The van der Waals surface area contributed by atoms with Crippen LogP contribution in [0.15, 0.2) is 46.9 Å². The lowest BCUT2D eigenvalue weighted by Gasteiger charge is -2.14. The molecule has 0 fully saturated rings. The maximum Gasteiger partial charge on any atom is 0.122 e. The fraction of sp³-hybridized carbons (Fsp3) is 0.188. The second-order valence-electron chi connectivity index (χ2n) is 4.41. The third-order valence-corrected chi connectivity index (χ3v) is 3.55. The monoisotopic (exact) mass is 331 g/mol. The van der Waals surface area contributed by atoms with E-state index in [0.29, 0.717) is 12.0 Å². The Morgan fingerprint density at radius 2 is 2.10 bits per heavy atom. The molecule has 1 unspecified atom stereocenters.